The number of phenols is 1. The molecule has 0 unspecified atom stereocenters. The first kappa shape index (κ1) is 20.4. The van der Waals surface area contributed by atoms with Gasteiger partial charge in [0, 0.05) is 6.07 Å². The molecule has 0 spiro atoms. The number of carbonyl (C=O) groups excluding carboxylic acids is 1. The van der Waals surface area contributed by atoms with Crippen molar-refractivity contribution in [1.29, 1.82) is 0 Å². The first-order valence-corrected chi connectivity index (χ1v) is 9.67. The van der Waals surface area contributed by atoms with Crippen LogP contribution in [-0.4, -0.2) is 58.1 Å². The Kier molecular flexibility index (Phi) is 5.59. The van der Waals surface area contributed by atoms with Crippen LogP contribution < -0.4 is 9.47 Å². The lowest BCUT2D eigenvalue weighted by molar-refractivity contribution is 0.0523. The number of benzene rings is 3. The Balaban J connectivity index is 1.79. The Morgan fingerprint density at radius 2 is 1.84 bits per heavy atom. The van der Waals surface area contributed by atoms with E-state index in [2.05, 4.69) is 10.2 Å². The highest BCUT2D eigenvalue weighted by Crippen LogP contribution is 2.31. The van der Waals surface area contributed by atoms with Crippen LogP contribution in [0.5, 0.6) is 17.2 Å². The molecular weight excluding hydrogens is 402 g/mol. The smallest absolute Gasteiger partial charge is 0.341 e. The number of aromatic hydroxyl groups is 1. The van der Waals surface area contributed by atoms with Gasteiger partial charge in [0.25, 0.3) is 0 Å². The molecule has 4 rings (SSSR count). The van der Waals surface area contributed by atoms with E-state index < -0.39 is 5.97 Å². The second-order valence-corrected chi connectivity index (χ2v) is 6.67. The summed E-state index contributed by atoms with van der Waals surface area (Å²) in [5.41, 5.74) is 1.55. The highest BCUT2D eigenvalue weighted by molar-refractivity contribution is 5.97. The molecule has 0 fully saturated rings. The molecule has 0 radical (unpaired) electrons. The number of aliphatic hydroxyl groups excluding tert-OH is 1. The molecule has 4 aromatic rings. The van der Waals surface area contributed by atoms with Crippen LogP contribution in [0.2, 0.25) is 0 Å². The number of hydrogen-bond donors (Lipinski definition) is 2. The van der Waals surface area contributed by atoms with Gasteiger partial charge in [-0.15, -0.1) is 15.0 Å². The van der Waals surface area contributed by atoms with Gasteiger partial charge in [-0.05, 0) is 48.0 Å². The topological polar surface area (TPSA) is 116 Å². The molecule has 0 bridgehead atoms. The van der Waals surface area contributed by atoms with Crippen molar-refractivity contribution in [3.63, 3.8) is 0 Å². The zero-order valence-corrected chi connectivity index (χ0v) is 17.0. The van der Waals surface area contributed by atoms with Crippen LogP contribution in [-0.2, 0) is 4.74 Å². The van der Waals surface area contributed by atoms with Crippen LogP contribution in [0.4, 0.5) is 0 Å². The van der Waals surface area contributed by atoms with E-state index in [1.165, 1.54) is 11.9 Å². The van der Waals surface area contributed by atoms with Crippen LogP contribution in [0.15, 0.2) is 42.5 Å². The first-order chi connectivity index (χ1) is 15.0. The number of aliphatic hydroxyl groups is 1. The molecular formula is C22H21N3O6. The lowest BCUT2D eigenvalue weighted by Crippen LogP contribution is -2.06. The van der Waals surface area contributed by atoms with Crippen molar-refractivity contribution in [2.24, 2.45) is 0 Å². The van der Waals surface area contributed by atoms with E-state index in [4.69, 9.17) is 19.3 Å². The van der Waals surface area contributed by atoms with E-state index in [1.807, 2.05) is 6.07 Å². The monoisotopic (exact) mass is 423 g/mol. The maximum Gasteiger partial charge on any atom is 0.341 e. The number of phenolic OH excluding ortho intramolecular Hbond substituents is 1. The van der Waals surface area contributed by atoms with Gasteiger partial charge in [0.15, 0.2) is 0 Å². The van der Waals surface area contributed by atoms with E-state index in [-0.39, 0.29) is 31.1 Å². The highest BCUT2D eigenvalue weighted by atomic mass is 16.5. The number of rotatable bonds is 7. The second-order valence-electron chi connectivity index (χ2n) is 6.67. The number of esters is 1. The van der Waals surface area contributed by atoms with Gasteiger partial charge >= 0.3 is 5.97 Å². The molecule has 1 heterocycles. The minimum absolute atomic E-state index is 0.00517. The zero-order chi connectivity index (χ0) is 22.0. The molecule has 9 heteroatoms. The van der Waals surface area contributed by atoms with Gasteiger partial charge in [-0.25, -0.2) is 4.79 Å². The van der Waals surface area contributed by atoms with E-state index in [9.17, 15) is 9.90 Å². The molecule has 3 aromatic carbocycles. The number of carbonyl (C=O) groups is 1. The fourth-order valence-electron chi connectivity index (χ4n) is 3.25. The summed E-state index contributed by atoms with van der Waals surface area (Å²) in [5.74, 6) is 0.404. The van der Waals surface area contributed by atoms with Crippen LogP contribution >= 0.6 is 0 Å². The highest BCUT2D eigenvalue weighted by Gasteiger charge is 2.18. The number of nitrogens with zero attached hydrogens (tertiary/aromatic N) is 3. The molecule has 0 atom stereocenters. The van der Waals surface area contributed by atoms with Crippen molar-refractivity contribution in [3.8, 4) is 22.9 Å². The van der Waals surface area contributed by atoms with Crippen molar-refractivity contribution in [2.45, 2.75) is 6.92 Å². The number of hydrogen-bond acceptors (Lipinski definition) is 8. The lowest BCUT2D eigenvalue weighted by atomic mass is 10.1. The van der Waals surface area contributed by atoms with Gasteiger partial charge in [0.05, 0.1) is 20.3 Å². The van der Waals surface area contributed by atoms with E-state index in [0.717, 1.165) is 10.8 Å². The summed E-state index contributed by atoms with van der Waals surface area (Å²) in [5, 5.41) is 29.9. The Morgan fingerprint density at radius 1 is 1.06 bits per heavy atom. The maximum absolute atomic E-state index is 12.2. The van der Waals surface area contributed by atoms with E-state index in [1.54, 1.807) is 43.3 Å². The van der Waals surface area contributed by atoms with Crippen LogP contribution in [0, 0.1) is 0 Å². The third kappa shape index (κ3) is 3.95. The Hall–Kier alpha value is -3.85. The van der Waals surface area contributed by atoms with Crippen molar-refractivity contribution in [1.82, 2.24) is 15.0 Å². The average Bonchev–Trinajstić information content (AvgIpc) is 3.19. The quantitative estimate of drug-likeness (QED) is 0.436. The van der Waals surface area contributed by atoms with Crippen molar-refractivity contribution >= 4 is 27.8 Å². The maximum atomic E-state index is 12.2. The van der Waals surface area contributed by atoms with Crippen LogP contribution in [0.25, 0.3) is 27.5 Å². The average molecular weight is 423 g/mol. The number of aromatic nitrogens is 3. The van der Waals surface area contributed by atoms with E-state index >= 15 is 0 Å². The first-order valence-electron chi connectivity index (χ1n) is 9.67. The number of fused-ring (bicyclic) bond motifs is 2. The summed E-state index contributed by atoms with van der Waals surface area (Å²) in [6.45, 7) is 2.07. The molecule has 0 aliphatic rings. The molecule has 1 aromatic heterocycles. The van der Waals surface area contributed by atoms with Gasteiger partial charge in [-0.1, -0.05) is 6.07 Å². The lowest BCUT2D eigenvalue weighted by Gasteiger charge is -2.08. The van der Waals surface area contributed by atoms with Gasteiger partial charge in [0.2, 0.25) is 0 Å². The van der Waals surface area contributed by atoms with Gasteiger partial charge in [-0.3, -0.25) is 0 Å². The summed E-state index contributed by atoms with van der Waals surface area (Å²) in [6.07, 6.45) is 0. The standard InChI is InChI=1S/C22H21N3O6/c1-3-30-22(28)16-11-17-18(12-21(16)29-2)24-25(23-17)19-9-14-8-15(31-7-6-26)5-4-13(14)10-20(19)27/h4-5,8-12,26-27H,3,6-7H2,1-2H3. The molecule has 0 amide bonds. The second kappa shape index (κ2) is 8.49. The Labute approximate surface area is 177 Å². The molecule has 2 N–H and O–H groups in total. The summed E-state index contributed by atoms with van der Waals surface area (Å²) in [4.78, 5) is 13.5. The van der Waals surface area contributed by atoms with Crippen molar-refractivity contribution < 1.29 is 29.2 Å². The van der Waals surface area contributed by atoms with Crippen LogP contribution in [0.1, 0.15) is 17.3 Å². The largest absolute Gasteiger partial charge is 0.506 e. The van der Waals surface area contributed by atoms with Crippen molar-refractivity contribution in [3.05, 3.63) is 48.0 Å². The normalized spacial score (nSPS) is 11.1. The zero-order valence-electron chi connectivity index (χ0n) is 17.0. The molecule has 31 heavy (non-hydrogen) atoms. The fraction of sp³-hybridized carbons (Fsp3) is 0.227. The summed E-state index contributed by atoms with van der Waals surface area (Å²) in [7, 11) is 1.46. The van der Waals surface area contributed by atoms with E-state index in [0.29, 0.717) is 28.2 Å². The minimum Gasteiger partial charge on any atom is -0.506 e. The SMILES string of the molecule is CCOC(=O)c1cc2nn(-c3cc4cc(OCCO)ccc4cc3O)nc2cc1OC. The molecule has 0 saturated heterocycles. The Morgan fingerprint density at radius 3 is 2.55 bits per heavy atom. The summed E-state index contributed by atoms with van der Waals surface area (Å²) in [6, 6.07) is 11.9. The third-order valence-electron chi connectivity index (χ3n) is 4.68. The van der Waals surface area contributed by atoms with Crippen molar-refractivity contribution in [2.75, 3.05) is 26.9 Å². The molecule has 9 nitrogen and oxygen atoms in total. The van der Waals surface area contributed by atoms with Crippen LogP contribution in [0.3, 0.4) is 0 Å². The summed E-state index contributed by atoms with van der Waals surface area (Å²) < 4.78 is 15.8. The number of ether oxygens (including phenoxy) is 3. The molecule has 0 aliphatic carbocycles. The fourth-order valence-corrected chi connectivity index (χ4v) is 3.25. The minimum atomic E-state index is -0.514. The third-order valence-corrected chi connectivity index (χ3v) is 4.68. The van der Waals surface area contributed by atoms with Gasteiger partial charge in [0.1, 0.15) is 46.1 Å². The van der Waals surface area contributed by atoms with Gasteiger partial charge in [-0.2, -0.15) is 0 Å². The predicted octanol–water partition coefficient (Wildman–Crippen LogP) is 2.84. The molecule has 0 saturated carbocycles. The molecule has 0 aliphatic heterocycles. The molecule has 160 valence electrons. The Bertz CT molecular complexity index is 1270. The van der Waals surface area contributed by atoms with Gasteiger partial charge < -0.3 is 24.4 Å². The summed E-state index contributed by atoms with van der Waals surface area (Å²) >= 11 is 0. The number of methoxy groups -OCH3 is 1. The predicted molar refractivity (Wildman–Crippen MR) is 113 cm³/mol.